The molecule has 0 N–H and O–H groups in total. The van der Waals surface area contributed by atoms with Crippen LogP contribution in [0.1, 0.15) is 47.0 Å². The Morgan fingerprint density at radius 1 is 1.22 bits per heavy atom. The highest BCUT2D eigenvalue weighted by Crippen LogP contribution is 2.38. The van der Waals surface area contributed by atoms with Crippen LogP contribution in [0.5, 0.6) is 0 Å². The van der Waals surface area contributed by atoms with Gasteiger partial charge in [-0.25, -0.2) is 0 Å². The molecule has 2 heterocycles. The van der Waals surface area contributed by atoms with E-state index in [1.165, 1.54) is 25.8 Å². The van der Waals surface area contributed by atoms with Crippen molar-refractivity contribution in [3.8, 4) is 0 Å². The van der Waals surface area contributed by atoms with Crippen molar-refractivity contribution in [3.05, 3.63) is 0 Å². The van der Waals surface area contributed by atoms with Gasteiger partial charge in [-0.05, 0) is 50.0 Å². The molecular weight excluding hydrogens is 222 g/mol. The second kappa shape index (κ2) is 5.92. The summed E-state index contributed by atoms with van der Waals surface area (Å²) in [5.74, 6) is 3.19. The van der Waals surface area contributed by atoms with Crippen molar-refractivity contribution in [2.45, 2.75) is 59.1 Å². The third kappa shape index (κ3) is 3.08. The molecule has 0 aromatic heterocycles. The molecule has 0 aliphatic carbocycles. The molecule has 0 saturated carbocycles. The second-order valence-corrected chi connectivity index (χ2v) is 7.29. The van der Waals surface area contributed by atoms with Gasteiger partial charge in [-0.3, -0.25) is 0 Å². The van der Waals surface area contributed by atoms with E-state index >= 15 is 0 Å². The van der Waals surface area contributed by atoms with Crippen molar-refractivity contribution in [2.24, 2.45) is 23.7 Å². The predicted molar refractivity (Wildman–Crippen MR) is 76.7 cm³/mol. The number of hydrogen-bond acceptors (Lipinski definition) is 2. The van der Waals surface area contributed by atoms with Crippen LogP contribution in [0.3, 0.4) is 0 Å². The van der Waals surface area contributed by atoms with Crippen LogP contribution in [-0.4, -0.2) is 37.2 Å². The zero-order valence-corrected chi connectivity index (χ0v) is 12.9. The molecule has 0 radical (unpaired) electrons. The minimum atomic E-state index is 0.493. The fourth-order valence-corrected chi connectivity index (χ4v) is 4.25. The molecule has 3 unspecified atom stereocenters. The lowest BCUT2D eigenvalue weighted by Crippen LogP contribution is -2.39. The van der Waals surface area contributed by atoms with Gasteiger partial charge in [-0.2, -0.15) is 0 Å². The van der Waals surface area contributed by atoms with E-state index in [-0.39, 0.29) is 0 Å². The van der Waals surface area contributed by atoms with Gasteiger partial charge in [0, 0.05) is 19.2 Å². The fraction of sp³-hybridized carbons (Fsp3) is 1.00. The normalized spacial score (nSPS) is 38.2. The van der Waals surface area contributed by atoms with E-state index in [4.69, 9.17) is 4.74 Å². The summed E-state index contributed by atoms with van der Waals surface area (Å²) in [5.41, 5.74) is 0. The van der Waals surface area contributed by atoms with Crippen LogP contribution in [0.25, 0.3) is 0 Å². The topological polar surface area (TPSA) is 12.5 Å². The first-order valence-electron chi connectivity index (χ1n) is 7.80. The van der Waals surface area contributed by atoms with Crippen LogP contribution < -0.4 is 0 Å². The molecule has 0 spiro atoms. The monoisotopic (exact) mass is 253 g/mol. The van der Waals surface area contributed by atoms with Crippen LogP contribution in [-0.2, 0) is 4.74 Å². The molecule has 2 rings (SSSR count). The first-order chi connectivity index (χ1) is 8.49. The van der Waals surface area contributed by atoms with E-state index in [0.29, 0.717) is 18.1 Å². The number of ether oxygens (including phenoxy) is 1. The minimum absolute atomic E-state index is 0.493. The number of fused-ring (bicyclic) bond motifs is 1. The molecule has 2 fully saturated rings. The minimum Gasteiger partial charge on any atom is -0.376 e. The van der Waals surface area contributed by atoms with Crippen LogP contribution in [0, 0.1) is 23.7 Å². The van der Waals surface area contributed by atoms with Crippen molar-refractivity contribution in [1.82, 2.24) is 4.90 Å². The maximum absolute atomic E-state index is 6.24. The van der Waals surface area contributed by atoms with Gasteiger partial charge in [0.1, 0.15) is 0 Å². The van der Waals surface area contributed by atoms with Gasteiger partial charge in [-0.1, -0.05) is 27.7 Å². The SMILES string of the molecule is CC(C)CC1CCOC2C(C(C)C)N(C)C[C@@H]2C1. The Hall–Kier alpha value is -0.0800. The maximum atomic E-state index is 6.24. The predicted octanol–water partition coefficient (Wildman–Crippen LogP) is 3.41. The summed E-state index contributed by atoms with van der Waals surface area (Å²) in [6.07, 6.45) is 4.53. The summed E-state index contributed by atoms with van der Waals surface area (Å²) >= 11 is 0. The van der Waals surface area contributed by atoms with E-state index < -0.39 is 0 Å². The van der Waals surface area contributed by atoms with Crippen molar-refractivity contribution < 1.29 is 4.74 Å². The van der Waals surface area contributed by atoms with E-state index in [2.05, 4.69) is 39.6 Å². The highest BCUT2D eigenvalue weighted by atomic mass is 16.5. The molecule has 2 aliphatic rings. The van der Waals surface area contributed by atoms with E-state index in [1.54, 1.807) is 0 Å². The molecule has 0 amide bonds. The summed E-state index contributed by atoms with van der Waals surface area (Å²) in [6, 6.07) is 0.632. The van der Waals surface area contributed by atoms with E-state index in [9.17, 15) is 0 Å². The van der Waals surface area contributed by atoms with Crippen LogP contribution >= 0.6 is 0 Å². The van der Waals surface area contributed by atoms with E-state index in [1.807, 2.05) is 0 Å². The average molecular weight is 253 g/mol. The van der Waals surface area contributed by atoms with Crippen molar-refractivity contribution >= 4 is 0 Å². The quantitative estimate of drug-likeness (QED) is 0.764. The Labute approximate surface area is 113 Å². The summed E-state index contributed by atoms with van der Waals surface area (Å²) in [5, 5.41) is 0. The number of rotatable bonds is 3. The fourth-order valence-electron chi connectivity index (χ4n) is 4.25. The Balaban J connectivity index is 2.02. The standard InChI is InChI=1S/C16H31NO/c1-11(2)8-13-6-7-18-16-14(9-13)10-17(5)15(16)12(3)4/h11-16H,6-10H2,1-5H3/t13?,14-,15?,16?/m0/s1. The van der Waals surface area contributed by atoms with E-state index in [0.717, 1.165) is 24.4 Å². The third-order valence-electron chi connectivity index (χ3n) is 4.79. The number of likely N-dealkylation sites (N-methyl/N-ethyl adjacent to an activating group) is 1. The van der Waals surface area contributed by atoms with Crippen LogP contribution in [0.4, 0.5) is 0 Å². The third-order valence-corrected chi connectivity index (χ3v) is 4.79. The largest absolute Gasteiger partial charge is 0.376 e. The highest BCUT2D eigenvalue weighted by molar-refractivity contribution is 4.96. The lowest BCUT2D eigenvalue weighted by atomic mass is 9.84. The molecule has 0 bridgehead atoms. The van der Waals surface area contributed by atoms with Gasteiger partial charge in [0.2, 0.25) is 0 Å². The molecule has 2 nitrogen and oxygen atoms in total. The van der Waals surface area contributed by atoms with Crippen LogP contribution in [0.15, 0.2) is 0 Å². The second-order valence-electron chi connectivity index (χ2n) is 7.29. The molecule has 18 heavy (non-hydrogen) atoms. The number of likely N-dealkylation sites (tertiary alicyclic amines) is 1. The zero-order chi connectivity index (χ0) is 13.3. The smallest absolute Gasteiger partial charge is 0.0772 e. The molecule has 0 aromatic rings. The van der Waals surface area contributed by atoms with Crippen LogP contribution in [0.2, 0.25) is 0 Å². The summed E-state index contributed by atoms with van der Waals surface area (Å²) in [4.78, 5) is 2.54. The van der Waals surface area contributed by atoms with Gasteiger partial charge in [0.25, 0.3) is 0 Å². The molecular formula is C16H31NO. The Morgan fingerprint density at radius 2 is 1.94 bits per heavy atom. The highest BCUT2D eigenvalue weighted by Gasteiger charge is 2.43. The van der Waals surface area contributed by atoms with Gasteiger partial charge >= 0.3 is 0 Å². The lowest BCUT2D eigenvalue weighted by molar-refractivity contribution is 0.00616. The molecule has 2 aliphatic heterocycles. The zero-order valence-electron chi connectivity index (χ0n) is 12.9. The number of nitrogens with zero attached hydrogens (tertiary/aromatic N) is 1. The van der Waals surface area contributed by atoms with Crippen molar-refractivity contribution in [3.63, 3.8) is 0 Å². The molecule has 2 heteroatoms. The molecule has 0 aromatic carbocycles. The molecule has 4 atom stereocenters. The Morgan fingerprint density at radius 3 is 2.56 bits per heavy atom. The molecule has 2 saturated heterocycles. The summed E-state index contributed by atoms with van der Waals surface area (Å²) < 4.78 is 6.24. The maximum Gasteiger partial charge on any atom is 0.0772 e. The van der Waals surface area contributed by atoms with Gasteiger partial charge in [0.15, 0.2) is 0 Å². The van der Waals surface area contributed by atoms with Gasteiger partial charge in [0.05, 0.1) is 6.10 Å². The van der Waals surface area contributed by atoms with Gasteiger partial charge in [-0.15, -0.1) is 0 Å². The van der Waals surface area contributed by atoms with Gasteiger partial charge < -0.3 is 9.64 Å². The summed E-state index contributed by atoms with van der Waals surface area (Å²) in [7, 11) is 2.28. The average Bonchev–Trinajstić information content (AvgIpc) is 2.41. The first-order valence-corrected chi connectivity index (χ1v) is 7.80. The molecule has 106 valence electrons. The van der Waals surface area contributed by atoms with Crippen molar-refractivity contribution in [1.29, 1.82) is 0 Å². The Bertz CT molecular complexity index is 264. The number of hydrogen-bond donors (Lipinski definition) is 0. The Kier molecular flexibility index (Phi) is 4.71. The lowest BCUT2D eigenvalue weighted by Gasteiger charge is -2.28. The summed E-state index contributed by atoms with van der Waals surface area (Å²) in [6.45, 7) is 11.6. The van der Waals surface area contributed by atoms with Crippen molar-refractivity contribution in [2.75, 3.05) is 20.2 Å². The first kappa shape index (κ1) is 14.3.